The summed E-state index contributed by atoms with van der Waals surface area (Å²) in [5.41, 5.74) is 0.824. The lowest BCUT2D eigenvalue weighted by Crippen LogP contribution is -2.42. The fraction of sp³-hybridized carbons (Fsp3) is 0.412. The molecule has 1 amide bonds. The minimum Gasteiger partial charge on any atom is -0.347 e. The number of halogens is 1. The highest BCUT2D eigenvalue weighted by atomic mass is 19.1. The molecule has 0 spiro atoms. The molecular formula is C17H21FN4O. The van der Waals surface area contributed by atoms with E-state index in [1.165, 1.54) is 18.6 Å². The summed E-state index contributed by atoms with van der Waals surface area (Å²) in [6.07, 6.45) is 6.75. The largest absolute Gasteiger partial charge is 0.347 e. The molecular weight excluding hydrogens is 295 g/mol. The monoisotopic (exact) mass is 316 g/mol. The van der Waals surface area contributed by atoms with Crippen molar-refractivity contribution in [2.45, 2.75) is 31.8 Å². The van der Waals surface area contributed by atoms with Gasteiger partial charge >= 0.3 is 0 Å². The number of piperidine rings is 1. The van der Waals surface area contributed by atoms with Crippen molar-refractivity contribution >= 4 is 5.91 Å². The highest BCUT2D eigenvalue weighted by Crippen LogP contribution is 2.25. The molecule has 122 valence electrons. The molecule has 0 unspecified atom stereocenters. The molecule has 23 heavy (non-hydrogen) atoms. The van der Waals surface area contributed by atoms with Crippen LogP contribution in [0.25, 0.3) is 0 Å². The SMILES string of the molecule is O=C(NCc1ncc[nH]1)[C@H](c1ccc(F)cc1)N1CCCCC1. The summed E-state index contributed by atoms with van der Waals surface area (Å²) in [6.45, 7) is 2.13. The van der Waals surface area contributed by atoms with Gasteiger partial charge in [0, 0.05) is 12.4 Å². The molecule has 1 aromatic carbocycles. The Morgan fingerprint density at radius 2 is 2.00 bits per heavy atom. The van der Waals surface area contributed by atoms with Crippen LogP contribution in [0.2, 0.25) is 0 Å². The van der Waals surface area contributed by atoms with Gasteiger partial charge in [-0.25, -0.2) is 9.37 Å². The van der Waals surface area contributed by atoms with Crippen LogP contribution >= 0.6 is 0 Å². The molecule has 2 aromatic rings. The number of aromatic amines is 1. The first-order valence-electron chi connectivity index (χ1n) is 7.99. The minimum absolute atomic E-state index is 0.0742. The number of nitrogens with zero attached hydrogens (tertiary/aromatic N) is 2. The lowest BCUT2D eigenvalue weighted by Gasteiger charge is -2.33. The summed E-state index contributed by atoms with van der Waals surface area (Å²) in [7, 11) is 0. The normalized spacial score (nSPS) is 16.9. The van der Waals surface area contributed by atoms with Crippen LogP contribution in [0.15, 0.2) is 36.7 Å². The molecule has 1 fully saturated rings. The summed E-state index contributed by atoms with van der Waals surface area (Å²) in [4.78, 5) is 22.0. The molecule has 0 radical (unpaired) electrons. The molecule has 0 saturated carbocycles. The van der Waals surface area contributed by atoms with Crippen molar-refractivity contribution in [2.75, 3.05) is 13.1 Å². The van der Waals surface area contributed by atoms with Gasteiger partial charge in [-0.2, -0.15) is 0 Å². The number of H-pyrrole nitrogens is 1. The third-order valence-corrected chi connectivity index (χ3v) is 4.17. The van der Waals surface area contributed by atoms with Crippen LogP contribution in [0.1, 0.15) is 36.7 Å². The van der Waals surface area contributed by atoms with Gasteiger partial charge in [-0.15, -0.1) is 0 Å². The number of carbonyl (C=O) groups is 1. The molecule has 2 heterocycles. The average Bonchev–Trinajstić information content (AvgIpc) is 3.09. The number of likely N-dealkylation sites (tertiary alicyclic amines) is 1. The zero-order valence-corrected chi connectivity index (χ0v) is 13.0. The summed E-state index contributed by atoms with van der Waals surface area (Å²) >= 11 is 0. The molecule has 1 aliphatic rings. The Morgan fingerprint density at radius 3 is 2.65 bits per heavy atom. The van der Waals surface area contributed by atoms with Gasteiger partial charge in [0.05, 0.1) is 6.54 Å². The van der Waals surface area contributed by atoms with Gasteiger partial charge in [-0.3, -0.25) is 9.69 Å². The number of benzene rings is 1. The average molecular weight is 316 g/mol. The van der Waals surface area contributed by atoms with Crippen molar-refractivity contribution < 1.29 is 9.18 Å². The molecule has 1 saturated heterocycles. The molecule has 0 aliphatic carbocycles. The number of hydrogen-bond acceptors (Lipinski definition) is 3. The molecule has 3 rings (SSSR count). The fourth-order valence-corrected chi connectivity index (χ4v) is 3.01. The van der Waals surface area contributed by atoms with Crippen LogP contribution in [-0.2, 0) is 11.3 Å². The van der Waals surface area contributed by atoms with Crippen LogP contribution in [0.5, 0.6) is 0 Å². The van der Waals surface area contributed by atoms with E-state index in [1.807, 2.05) is 0 Å². The van der Waals surface area contributed by atoms with E-state index in [4.69, 9.17) is 0 Å². The first-order chi connectivity index (χ1) is 11.2. The Morgan fingerprint density at radius 1 is 1.26 bits per heavy atom. The predicted molar refractivity (Wildman–Crippen MR) is 85.0 cm³/mol. The van der Waals surface area contributed by atoms with Crippen LogP contribution < -0.4 is 5.32 Å². The summed E-state index contributed by atoms with van der Waals surface area (Å²) < 4.78 is 13.2. The zero-order valence-electron chi connectivity index (χ0n) is 13.0. The van der Waals surface area contributed by atoms with Gasteiger partial charge in [-0.05, 0) is 43.6 Å². The molecule has 1 aromatic heterocycles. The van der Waals surface area contributed by atoms with E-state index in [9.17, 15) is 9.18 Å². The van der Waals surface area contributed by atoms with Crippen molar-refractivity contribution in [1.29, 1.82) is 0 Å². The predicted octanol–water partition coefficient (Wildman–Crippen LogP) is 2.39. The second-order valence-corrected chi connectivity index (χ2v) is 5.80. The van der Waals surface area contributed by atoms with Gasteiger partial charge in [-0.1, -0.05) is 18.6 Å². The van der Waals surface area contributed by atoms with Gasteiger partial charge in [0.2, 0.25) is 5.91 Å². The van der Waals surface area contributed by atoms with Crippen molar-refractivity contribution in [3.63, 3.8) is 0 Å². The first kappa shape index (κ1) is 15.7. The molecule has 0 bridgehead atoms. The fourth-order valence-electron chi connectivity index (χ4n) is 3.01. The van der Waals surface area contributed by atoms with Gasteiger partial charge in [0.25, 0.3) is 0 Å². The number of rotatable bonds is 5. The minimum atomic E-state index is -0.383. The van der Waals surface area contributed by atoms with Crippen LogP contribution in [0, 0.1) is 5.82 Å². The van der Waals surface area contributed by atoms with E-state index >= 15 is 0 Å². The molecule has 1 atom stereocenters. The van der Waals surface area contributed by atoms with E-state index in [2.05, 4.69) is 20.2 Å². The molecule has 2 N–H and O–H groups in total. The number of imidazole rings is 1. The summed E-state index contributed by atoms with van der Waals surface area (Å²) in [6, 6.07) is 5.83. The van der Waals surface area contributed by atoms with Crippen LogP contribution in [-0.4, -0.2) is 33.9 Å². The topological polar surface area (TPSA) is 61.0 Å². The van der Waals surface area contributed by atoms with Gasteiger partial charge < -0.3 is 10.3 Å². The Kier molecular flexibility index (Phi) is 5.02. The van der Waals surface area contributed by atoms with Crippen molar-refractivity contribution in [2.24, 2.45) is 0 Å². The van der Waals surface area contributed by atoms with Crippen molar-refractivity contribution in [3.8, 4) is 0 Å². The van der Waals surface area contributed by atoms with Gasteiger partial charge in [0.1, 0.15) is 17.7 Å². The number of amides is 1. The number of carbonyl (C=O) groups excluding carboxylic acids is 1. The third kappa shape index (κ3) is 3.96. The maximum atomic E-state index is 13.2. The second kappa shape index (κ2) is 7.37. The van der Waals surface area contributed by atoms with Gasteiger partial charge in [0.15, 0.2) is 0 Å². The van der Waals surface area contributed by atoms with Crippen LogP contribution in [0.4, 0.5) is 4.39 Å². The Labute approximate surface area is 134 Å². The lowest BCUT2D eigenvalue weighted by atomic mass is 10.0. The van der Waals surface area contributed by atoms with Crippen molar-refractivity contribution in [1.82, 2.24) is 20.2 Å². The van der Waals surface area contributed by atoms with Crippen molar-refractivity contribution in [3.05, 3.63) is 53.9 Å². The maximum absolute atomic E-state index is 13.2. The highest BCUT2D eigenvalue weighted by Gasteiger charge is 2.28. The molecule has 5 nitrogen and oxygen atoms in total. The molecule has 6 heteroatoms. The molecule has 1 aliphatic heterocycles. The smallest absolute Gasteiger partial charge is 0.242 e. The van der Waals surface area contributed by atoms with E-state index in [-0.39, 0.29) is 17.8 Å². The second-order valence-electron chi connectivity index (χ2n) is 5.80. The van der Waals surface area contributed by atoms with E-state index in [1.54, 1.807) is 24.5 Å². The van der Waals surface area contributed by atoms with E-state index in [0.717, 1.165) is 37.3 Å². The highest BCUT2D eigenvalue weighted by molar-refractivity contribution is 5.83. The number of nitrogens with one attached hydrogen (secondary N) is 2. The quantitative estimate of drug-likeness (QED) is 0.890. The van der Waals surface area contributed by atoms with E-state index in [0.29, 0.717) is 6.54 Å². The Bertz CT molecular complexity index is 621. The Balaban J connectivity index is 1.75. The Hall–Kier alpha value is -2.21. The van der Waals surface area contributed by atoms with E-state index < -0.39 is 0 Å². The number of aromatic nitrogens is 2. The standard InChI is InChI=1S/C17H21FN4O/c18-14-6-4-13(5-7-14)16(22-10-2-1-3-11-22)17(23)21-12-15-19-8-9-20-15/h4-9,16H,1-3,10-12H2,(H,19,20)(H,21,23)/t16-/m0/s1. The third-order valence-electron chi connectivity index (χ3n) is 4.17. The summed E-state index contributed by atoms with van der Waals surface area (Å²) in [5.74, 6) is 0.354. The lowest BCUT2D eigenvalue weighted by molar-refractivity contribution is -0.127. The zero-order chi connectivity index (χ0) is 16.1. The summed E-state index contributed by atoms with van der Waals surface area (Å²) in [5, 5.41) is 2.93. The number of hydrogen-bond donors (Lipinski definition) is 2. The first-order valence-corrected chi connectivity index (χ1v) is 7.99. The van der Waals surface area contributed by atoms with Crippen LogP contribution in [0.3, 0.4) is 0 Å². The maximum Gasteiger partial charge on any atom is 0.242 e.